The molecular formula is C13H26N2O2. The summed E-state index contributed by atoms with van der Waals surface area (Å²) >= 11 is 0. The molecule has 1 aliphatic heterocycles. The first-order chi connectivity index (χ1) is 8.13. The Hall–Kier alpha value is -0.610. The van der Waals surface area contributed by atoms with Gasteiger partial charge >= 0.3 is 0 Å². The van der Waals surface area contributed by atoms with Gasteiger partial charge in [0.25, 0.3) is 0 Å². The van der Waals surface area contributed by atoms with Crippen LogP contribution in [0.25, 0.3) is 0 Å². The lowest BCUT2D eigenvalue weighted by Gasteiger charge is -2.32. The summed E-state index contributed by atoms with van der Waals surface area (Å²) in [6.45, 7) is 8.04. The van der Waals surface area contributed by atoms with E-state index in [2.05, 4.69) is 13.8 Å². The van der Waals surface area contributed by atoms with Crippen molar-refractivity contribution in [2.75, 3.05) is 19.7 Å². The smallest absolute Gasteiger partial charge is 0.228 e. The Labute approximate surface area is 104 Å². The van der Waals surface area contributed by atoms with E-state index in [1.807, 2.05) is 11.8 Å². The summed E-state index contributed by atoms with van der Waals surface area (Å²) in [5, 5.41) is 0. The van der Waals surface area contributed by atoms with E-state index < -0.39 is 0 Å². The molecule has 1 saturated heterocycles. The van der Waals surface area contributed by atoms with Crippen molar-refractivity contribution in [3.8, 4) is 0 Å². The average molecular weight is 242 g/mol. The third-order valence-corrected chi connectivity index (χ3v) is 3.58. The topological polar surface area (TPSA) is 55.6 Å². The lowest BCUT2D eigenvalue weighted by Crippen LogP contribution is -2.45. The number of hydrogen-bond acceptors (Lipinski definition) is 3. The third-order valence-electron chi connectivity index (χ3n) is 3.58. The first-order valence-electron chi connectivity index (χ1n) is 6.76. The molecule has 1 heterocycles. The molecule has 0 saturated carbocycles. The number of rotatable bonds is 6. The highest BCUT2D eigenvalue weighted by Gasteiger charge is 2.33. The Morgan fingerprint density at radius 2 is 2.12 bits per heavy atom. The van der Waals surface area contributed by atoms with Gasteiger partial charge in [-0.05, 0) is 26.2 Å². The molecule has 0 aromatic rings. The SMILES string of the molecule is CCC(CC)N(CCN)C(=O)C1COC(C)C1. The van der Waals surface area contributed by atoms with Crippen LogP contribution >= 0.6 is 0 Å². The van der Waals surface area contributed by atoms with Gasteiger partial charge in [-0.25, -0.2) is 0 Å². The zero-order chi connectivity index (χ0) is 12.8. The van der Waals surface area contributed by atoms with Crippen LogP contribution in [0.2, 0.25) is 0 Å². The Bertz CT molecular complexity index is 242. The minimum Gasteiger partial charge on any atom is -0.378 e. The minimum absolute atomic E-state index is 0.0390. The van der Waals surface area contributed by atoms with Gasteiger partial charge in [-0.2, -0.15) is 0 Å². The average Bonchev–Trinajstić information content (AvgIpc) is 2.75. The quantitative estimate of drug-likeness (QED) is 0.765. The minimum atomic E-state index is 0.0390. The van der Waals surface area contributed by atoms with Crippen LogP contribution in [-0.4, -0.2) is 42.6 Å². The molecule has 0 bridgehead atoms. The summed E-state index contributed by atoms with van der Waals surface area (Å²) in [6.07, 6.45) is 3.04. The second-order valence-corrected chi connectivity index (χ2v) is 4.87. The van der Waals surface area contributed by atoms with Crippen LogP contribution in [0.1, 0.15) is 40.0 Å². The van der Waals surface area contributed by atoms with E-state index in [1.165, 1.54) is 0 Å². The number of amides is 1. The summed E-state index contributed by atoms with van der Waals surface area (Å²) in [7, 11) is 0. The van der Waals surface area contributed by atoms with Crippen LogP contribution in [0, 0.1) is 5.92 Å². The zero-order valence-electron chi connectivity index (χ0n) is 11.3. The lowest BCUT2D eigenvalue weighted by molar-refractivity contribution is -0.138. The molecule has 17 heavy (non-hydrogen) atoms. The highest BCUT2D eigenvalue weighted by Crippen LogP contribution is 2.23. The maximum atomic E-state index is 12.4. The molecular weight excluding hydrogens is 216 g/mol. The van der Waals surface area contributed by atoms with Crippen molar-refractivity contribution in [3.63, 3.8) is 0 Å². The Morgan fingerprint density at radius 3 is 2.53 bits per heavy atom. The molecule has 0 aromatic carbocycles. The zero-order valence-corrected chi connectivity index (χ0v) is 11.3. The standard InChI is InChI=1S/C13H26N2O2/c1-4-12(5-2)15(7-6-14)13(16)11-8-10(3)17-9-11/h10-12H,4-9,14H2,1-3H3. The summed E-state index contributed by atoms with van der Waals surface area (Å²) < 4.78 is 5.48. The van der Waals surface area contributed by atoms with Crippen LogP contribution in [0.3, 0.4) is 0 Å². The van der Waals surface area contributed by atoms with E-state index in [0.29, 0.717) is 25.7 Å². The molecule has 0 aromatic heterocycles. The number of nitrogens with zero attached hydrogens (tertiary/aromatic N) is 1. The predicted octanol–water partition coefficient (Wildman–Crippen LogP) is 1.39. The van der Waals surface area contributed by atoms with Crippen molar-refractivity contribution < 1.29 is 9.53 Å². The second kappa shape index (κ2) is 6.97. The third kappa shape index (κ3) is 3.68. The highest BCUT2D eigenvalue weighted by molar-refractivity contribution is 5.79. The predicted molar refractivity (Wildman–Crippen MR) is 68.7 cm³/mol. The van der Waals surface area contributed by atoms with E-state index in [0.717, 1.165) is 19.3 Å². The molecule has 4 nitrogen and oxygen atoms in total. The van der Waals surface area contributed by atoms with Crippen LogP contribution < -0.4 is 5.73 Å². The van der Waals surface area contributed by atoms with E-state index in [4.69, 9.17) is 10.5 Å². The second-order valence-electron chi connectivity index (χ2n) is 4.87. The summed E-state index contributed by atoms with van der Waals surface area (Å²) in [5.74, 6) is 0.269. The molecule has 1 rings (SSSR count). The normalized spacial score (nSPS) is 24.3. The van der Waals surface area contributed by atoms with E-state index in [-0.39, 0.29) is 17.9 Å². The van der Waals surface area contributed by atoms with Crippen LogP contribution in [0.15, 0.2) is 0 Å². The van der Waals surface area contributed by atoms with Gasteiger partial charge in [-0.3, -0.25) is 4.79 Å². The van der Waals surface area contributed by atoms with Crippen molar-refractivity contribution in [3.05, 3.63) is 0 Å². The van der Waals surface area contributed by atoms with Crippen molar-refractivity contribution in [1.82, 2.24) is 4.90 Å². The van der Waals surface area contributed by atoms with Crippen molar-refractivity contribution in [2.45, 2.75) is 52.2 Å². The molecule has 1 amide bonds. The summed E-state index contributed by atoms with van der Waals surface area (Å²) in [4.78, 5) is 14.4. The van der Waals surface area contributed by atoms with Gasteiger partial charge in [-0.1, -0.05) is 13.8 Å². The number of ether oxygens (including phenoxy) is 1. The van der Waals surface area contributed by atoms with Gasteiger partial charge in [0.1, 0.15) is 0 Å². The van der Waals surface area contributed by atoms with Gasteiger partial charge in [0, 0.05) is 19.1 Å². The Balaban J connectivity index is 2.65. The monoisotopic (exact) mass is 242 g/mol. The Kier molecular flexibility index (Phi) is 5.92. The van der Waals surface area contributed by atoms with Crippen molar-refractivity contribution >= 4 is 5.91 Å². The fraction of sp³-hybridized carbons (Fsp3) is 0.923. The first kappa shape index (κ1) is 14.5. The van der Waals surface area contributed by atoms with Gasteiger partial charge in [0.15, 0.2) is 0 Å². The Morgan fingerprint density at radius 1 is 1.47 bits per heavy atom. The van der Waals surface area contributed by atoms with Gasteiger partial charge < -0.3 is 15.4 Å². The van der Waals surface area contributed by atoms with Crippen LogP contribution in [0.5, 0.6) is 0 Å². The largest absolute Gasteiger partial charge is 0.378 e. The molecule has 1 fully saturated rings. The highest BCUT2D eigenvalue weighted by atomic mass is 16.5. The van der Waals surface area contributed by atoms with Crippen molar-refractivity contribution in [2.24, 2.45) is 11.7 Å². The molecule has 1 aliphatic rings. The first-order valence-corrected chi connectivity index (χ1v) is 6.76. The van der Waals surface area contributed by atoms with E-state index in [9.17, 15) is 4.79 Å². The number of nitrogens with two attached hydrogens (primary N) is 1. The maximum absolute atomic E-state index is 12.4. The fourth-order valence-electron chi connectivity index (χ4n) is 2.57. The summed E-state index contributed by atoms with van der Waals surface area (Å²) in [5.41, 5.74) is 5.62. The van der Waals surface area contributed by atoms with Gasteiger partial charge in [-0.15, -0.1) is 0 Å². The molecule has 2 N–H and O–H groups in total. The van der Waals surface area contributed by atoms with Gasteiger partial charge in [0.2, 0.25) is 5.91 Å². The number of carbonyl (C=O) groups is 1. The molecule has 2 atom stereocenters. The van der Waals surface area contributed by atoms with Gasteiger partial charge in [0.05, 0.1) is 18.6 Å². The van der Waals surface area contributed by atoms with Crippen molar-refractivity contribution in [1.29, 1.82) is 0 Å². The van der Waals surface area contributed by atoms with E-state index >= 15 is 0 Å². The number of hydrogen-bond donors (Lipinski definition) is 1. The fourth-order valence-corrected chi connectivity index (χ4v) is 2.57. The van der Waals surface area contributed by atoms with Crippen LogP contribution in [0.4, 0.5) is 0 Å². The molecule has 4 heteroatoms. The molecule has 0 spiro atoms. The summed E-state index contributed by atoms with van der Waals surface area (Å²) in [6, 6.07) is 0.321. The number of carbonyl (C=O) groups excluding carboxylic acids is 1. The van der Waals surface area contributed by atoms with E-state index in [1.54, 1.807) is 0 Å². The van der Waals surface area contributed by atoms with Crippen LogP contribution in [-0.2, 0) is 9.53 Å². The molecule has 0 aliphatic carbocycles. The molecule has 0 radical (unpaired) electrons. The lowest BCUT2D eigenvalue weighted by atomic mass is 10.0. The maximum Gasteiger partial charge on any atom is 0.228 e. The molecule has 2 unspecified atom stereocenters. The molecule has 100 valence electrons.